The van der Waals surface area contributed by atoms with E-state index in [1.54, 1.807) is 32.7 Å². The molecule has 0 saturated carbocycles. The molecule has 1 aliphatic heterocycles. The molecule has 1 amide bonds. The first-order valence-corrected chi connectivity index (χ1v) is 10.5. The summed E-state index contributed by atoms with van der Waals surface area (Å²) < 4.78 is 59.6. The Hall–Kier alpha value is -1.88. The number of ether oxygens (including phenoxy) is 1. The number of benzene rings is 1. The van der Waals surface area contributed by atoms with E-state index in [0.29, 0.717) is 13.0 Å². The minimum atomic E-state index is -4.79. The highest BCUT2D eigenvalue weighted by Gasteiger charge is 2.37. The molecule has 1 aromatic heterocycles. The number of fused-ring (bicyclic) bond motifs is 1. The standard InChI is InChI=1S/C19H20BrClF4N4O2/c1-18(2,3)31-17(30)29-6-5-9(8-29)28(4)15-10-7-11(19(23,24)25)12(20)13(22)14(10)26-16(21)27-15/h7,9H,5-6,8H2,1-4H3. The number of likely N-dealkylation sites (N-methyl/N-ethyl adjacent to an activating group) is 1. The van der Waals surface area contributed by atoms with Crippen molar-refractivity contribution in [1.82, 2.24) is 14.9 Å². The van der Waals surface area contributed by atoms with Crippen molar-refractivity contribution in [3.8, 4) is 0 Å². The van der Waals surface area contributed by atoms with Crippen molar-refractivity contribution >= 4 is 50.3 Å². The van der Waals surface area contributed by atoms with Crippen molar-refractivity contribution in [2.75, 3.05) is 25.0 Å². The first-order valence-electron chi connectivity index (χ1n) is 9.32. The molecule has 1 aliphatic rings. The maximum atomic E-state index is 14.7. The van der Waals surface area contributed by atoms with Crippen LogP contribution in [0.15, 0.2) is 10.5 Å². The summed E-state index contributed by atoms with van der Waals surface area (Å²) >= 11 is 8.61. The molecule has 0 radical (unpaired) electrons. The zero-order valence-corrected chi connectivity index (χ0v) is 19.5. The summed E-state index contributed by atoms with van der Waals surface area (Å²) in [4.78, 5) is 23.3. The Morgan fingerprint density at radius 2 is 1.97 bits per heavy atom. The fourth-order valence-corrected chi connectivity index (χ4v) is 4.05. The van der Waals surface area contributed by atoms with E-state index < -0.39 is 33.7 Å². The highest BCUT2D eigenvalue weighted by Crippen LogP contribution is 2.41. The molecule has 12 heteroatoms. The predicted octanol–water partition coefficient (Wildman–Crippen LogP) is 5.65. The quantitative estimate of drug-likeness (QED) is 0.373. The van der Waals surface area contributed by atoms with Crippen molar-refractivity contribution in [2.24, 2.45) is 0 Å². The van der Waals surface area contributed by atoms with Crippen LogP contribution >= 0.6 is 27.5 Å². The molecule has 0 N–H and O–H groups in total. The van der Waals surface area contributed by atoms with Gasteiger partial charge in [-0.25, -0.2) is 14.2 Å². The topological polar surface area (TPSA) is 58.6 Å². The van der Waals surface area contributed by atoms with E-state index in [0.717, 1.165) is 6.07 Å². The second kappa shape index (κ2) is 8.23. The molecule has 2 heterocycles. The zero-order chi connectivity index (χ0) is 23.3. The van der Waals surface area contributed by atoms with Crippen molar-refractivity contribution < 1.29 is 27.1 Å². The van der Waals surface area contributed by atoms with E-state index in [9.17, 15) is 22.4 Å². The fraction of sp³-hybridized carbons (Fsp3) is 0.526. The highest BCUT2D eigenvalue weighted by molar-refractivity contribution is 9.10. The molecule has 3 rings (SSSR count). The second-order valence-electron chi connectivity index (χ2n) is 8.24. The van der Waals surface area contributed by atoms with Gasteiger partial charge in [0.05, 0.1) is 10.0 Å². The number of halogens is 6. The minimum absolute atomic E-state index is 0.0444. The Bertz CT molecular complexity index is 1030. The Labute approximate surface area is 189 Å². The molecule has 0 spiro atoms. The van der Waals surface area contributed by atoms with E-state index in [1.807, 2.05) is 0 Å². The van der Waals surface area contributed by atoms with Crippen LogP contribution in [0, 0.1) is 5.82 Å². The number of amides is 1. The fourth-order valence-electron chi connectivity index (χ4n) is 3.36. The molecule has 1 unspecified atom stereocenters. The Kier molecular flexibility index (Phi) is 6.31. The van der Waals surface area contributed by atoms with Gasteiger partial charge in [0.15, 0.2) is 5.82 Å². The molecule has 1 fully saturated rings. The monoisotopic (exact) mass is 526 g/mol. The van der Waals surface area contributed by atoms with Crippen LogP contribution in [0.4, 0.5) is 28.2 Å². The second-order valence-corrected chi connectivity index (χ2v) is 9.37. The highest BCUT2D eigenvalue weighted by atomic mass is 79.9. The summed E-state index contributed by atoms with van der Waals surface area (Å²) in [6, 6.07) is 0.508. The molecule has 1 aromatic carbocycles. The van der Waals surface area contributed by atoms with Gasteiger partial charge in [0.1, 0.15) is 16.9 Å². The number of carbonyl (C=O) groups is 1. The first-order chi connectivity index (χ1) is 14.2. The summed E-state index contributed by atoms with van der Waals surface area (Å²) in [5, 5.41) is -0.433. The van der Waals surface area contributed by atoms with Crippen LogP contribution in [-0.2, 0) is 10.9 Å². The number of alkyl halides is 3. The molecule has 31 heavy (non-hydrogen) atoms. The molecule has 2 aromatic rings. The van der Waals surface area contributed by atoms with Crippen molar-refractivity contribution in [2.45, 2.75) is 45.0 Å². The summed E-state index contributed by atoms with van der Waals surface area (Å²) in [5.74, 6) is -1.13. The lowest BCUT2D eigenvalue weighted by atomic mass is 10.1. The largest absolute Gasteiger partial charge is 0.444 e. The number of hydrogen-bond donors (Lipinski definition) is 0. The van der Waals surface area contributed by atoms with Gasteiger partial charge >= 0.3 is 12.3 Å². The average Bonchev–Trinajstić information content (AvgIpc) is 3.12. The third-order valence-corrected chi connectivity index (χ3v) is 5.77. The van der Waals surface area contributed by atoms with Crippen molar-refractivity contribution in [3.63, 3.8) is 0 Å². The number of carbonyl (C=O) groups excluding carboxylic acids is 1. The number of aromatic nitrogens is 2. The van der Waals surface area contributed by atoms with Gasteiger partial charge in [-0.05, 0) is 60.8 Å². The molecule has 0 bridgehead atoms. The summed E-state index contributed by atoms with van der Waals surface area (Å²) in [7, 11) is 1.61. The van der Waals surface area contributed by atoms with Crippen molar-refractivity contribution in [1.29, 1.82) is 0 Å². The number of anilines is 1. The van der Waals surface area contributed by atoms with E-state index in [2.05, 4.69) is 25.9 Å². The van der Waals surface area contributed by atoms with E-state index in [4.69, 9.17) is 16.3 Å². The van der Waals surface area contributed by atoms with Crippen LogP contribution in [0.25, 0.3) is 10.9 Å². The number of nitrogens with zero attached hydrogens (tertiary/aromatic N) is 4. The molecule has 1 atom stereocenters. The molecular weight excluding hydrogens is 508 g/mol. The molecule has 1 saturated heterocycles. The van der Waals surface area contributed by atoms with Crippen LogP contribution in [0.3, 0.4) is 0 Å². The number of hydrogen-bond acceptors (Lipinski definition) is 5. The van der Waals surface area contributed by atoms with Crippen LogP contribution < -0.4 is 4.90 Å². The maximum Gasteiger partial charge on any atom is 0.417 e. The molecule has 6 nitrogen and oxygen atoms in total. The number of rotatable bonds is 2. The van der Waals surface area contributed by atoms with E-state index in [-0.39, 0.29) is 34.6 Å². The van der Waals surface area contributed by atoms with Crippen LogP contribution in [0.5, 0.6) is 0 Å². The van der Waals surface area contributed by atoms with Crippen LogP contribution in [-0.4, -0.2) is 52.7 Å². The average molecular weight is 528 g/mol. The summed E-state index contributed by atoms with van der Waals surface area (Å²) in [6.07, 6.45) is -4.75. The first kappa shape index (κ1) is 23.8. The van der Waals surface area contributed by atoms with Gasteiger partial charge in [-0.1, -0.05) is 0 Å². The van der Waals surface area contributed by atoms with E-state index >= 15 is 0 Å². The lowest BCUT2D eigenvalue weighted by Crippen LogP contribution is -2.39. The Morgan fingerprint density at radius 1 is 1.32 bits per heavy atom. The zero-order valence-electron chi connectivity index (χ0n) is 17.1. The number of likely N-dealkylation sites (tertiary alicyclic amines) is 1. The predicted molar refractivity (Wildman–Crippen MR) is 112 cm³/mol. The molecular formula is C19H20BrClF4N4O2. The Balaban J connectivity index is 1.99. The lowest BCUT2D eigenvalue weighted by molar-refractivity contribution is -0.138. The van der Waals surface area contributed by atoms with Crippen LogP contribution in [0.1, 0.15) is 32.8 Å². The van der Waals surface area contributed by atoms with Gasteiger partial charge in [-0.15, -0.1) is 0 Å². The normalized spacial score (nSPS) is 17.4. The van der Waals surface area contributed by atoms with Gasteiger partial charge < -0.3 is 14.5 Å². The molecule has 170 valence electrons. The van der Waals surface area contributed by atoms with Gasteiger partial charge in [0.25, 0.3) is 0 Å². The SMILES string of the molecule is CN(c1nc(Cl)nc2c(F)c(Br)c(C(F)(F)F)cc12)C1CCN(C(=O)OC(C)(C)C)C1. The van der Waals surface area contributed by atoms with Gasteiger partial charge in [0.2, 0.25) is 5.28 Å². The van der Waals surface area contributed by atoms with Crippen molar-refractivity contribution in [3.05, 3.63) is 27.2 Å². The van der Waals surface area contributed by atoms with Gasteiger partial charge in [0, 0.05) is 31.6 Å². The van der Waals surface area contributed by atoms with E-state index in [1.165, 1.54) is 4.90 Å². The van der Waals surface area contributed by atoms with Gasteiger partial charge in [-0.3, -0.25) is 0 Å². The maximum absolute atomic E-state index is 14.7. The lowest BCUT2D eigenvalue weighted by Gasteiger charge is -2.28. The summed E-state index contributed by atoms with van der Waals surface area (Å²) in [5.41, 5.74) is -2.17. The molecule has 0 aliphatic carbocycles. The smallest absolute Gasteiger partial charge is 0.417 e. The van der Waals surface area contributed by atoms with Gasteiger partial charge in [-0.2, -0.15) is 18.2 Å². The minimum Gasteiger partial charge on any atom is -0.444 e. The third kappa shape index (κ3) is 4.97. The third-order valence-electron chi connectivity index (χ3n) is 4.83. The van der Waals surface area contributed by atoms with Crippen LogP contribution in [0.2, 0.25) is 5.28 Å². The Morgan fingerprint density at radius 3 is 2.55 bits per heavy atom. The summed E-state index contributed by atoms with van der Waals surface area (Å²) in [6.45, 7) is 5.92.